The molecule has 2 unspecified atom stereocenters. The average molecular weight is 165 g/mol. The van der Waals surface area contributed by atoms with Gasteiger partial charge in [-0.05, 0) is 18.8 Å². The molecule has 1 fully saturated rings. The first-order valence-electron chi connectivity index (χ1n) is 4.26. The lowest BCUT2D eigenvalue weighted by Crippen LogP contribution is -2.46. The van der Waals surface area contributed by atoms with Gasteiger partial charge in [-0.3, -0.25) is 14.9 Å². The Hall–Kier alpha value is -1.12. The van der Waals surface area contributed by atoms with Crippen molar-refractivity contribution in [1.82, 2.24) is 5.32 Å². The zero-order chi connectivity index (χ0) is 8.55. The van der Waals surface area contributed by atoms with E-state index in [9.17, 15) is 9.59 Å². The van der Waals surface area contributed by atoms with Crippen LogP contribution in [0.2, 0.25) is 0 Å². The molecule has 1 N–H and O–H groups in total. The van der Waals surface area contributed by atoms with Crippen molar-refractivity contribution in [3.8, 4) is 0 Å². The van der Waals surface area contributed by atoms with E-state index in [1.807, 2.05) is 6.08 Å². The molecule has 2 aliphatic rings. The van der Waals surface area contributed by atoms with E-state index >= 15 is 0 Å². The Morgan fingerprint density at radius 3 is 2.83 bits per heavy atom. The fraction of sp³-hybridized carbons (Fsp3) is 0.556. The lowest BCUT2D eigenvalue weighted by molar-refractivity contribution is -0.139. The second-order valence-corrected chi connectivity index (χ2v) is 3.43. The normalized spacial score (nSPS) is 34.3. The number of hydrogen-bond acceptors (Lipinski definition) is 2. The molecule has 3 heteroatoms. The van der Waals surface area contributed by atoms with Gasteiger partial charge in [-0.2, -0.15) is 0 Å². The van der Waals surface area contributed by atoms with Crippen molar-refractivity contribution < 1.29 is 9.59 Å². The summed E-state index contributed by atoms with van der Waals surface area (Å²) in [4.78, 5) is 22.2. The summed E-state index contributed by atoms with van der Waals surface area (Å²) < 4.78 is 0. The van der Waals surface area contributed by atoms with Gasteiger partial charge >= 0.3 is 0 Å². The highest BCUT2D eigenvalue weighted by Gasteiger charge is 2.35. The van der Waals surface area contributed by atoms with Crippen LogP contribution in [-0.2, 0) is 9.59 Å². The minimum Gasteiger partial charge on any atom is -0.296 e. The van der Waals surface area contributed by atoms with Crippen molar-refractivity contribution >= 4 is 11.8 Å². The van der Waals surface area contributed by atoms with E-state index in [0.29, 0.717) is 6.42 Å². The van der Waals surface area contributed by atoms with E-state index in [2.05, 4.69) is 11.4 Å². The Kier molecular flexibility index (Phi) is 1.71. The molecular weight excluding hydrogens is 154 g/mol. The van der Waals surface area contributed by atoms with Crippen molar-refractivity contribution in [1.29, 1.82) is 0 Å². The van der Waals surface area contributed by atoms with Gasteiger partial charge < -0.3 is 0 Å². The van der Waals surface area contributed by atoms with Gasteiger partial charge in [0, 0.05) is 12.3 Å². The van der Waals surface area contributed by atoms with Crippen molar-refractivity contribution in [3.63, 3.8) is 0 Å². The molecule has 1 aliphatic carbocycles. The molecular formula is C9H11NO2. The predicted octanol–water partition coefficient (Wildman–Crippen LogP) is 0.615. The molecule has 2 amide bonds. The minimum absolute atomic E-state index is 0.0488. The number of hydrogen-bond donors (Lipinski definition) is 1. The molecule has 12 heavy (non-hydrogen) atoms. The van der Waals surface area contributed by atoms with Gasteiger partial charge in [0.15, 0.2) is 0 Å². The molecule has 1 saturated heterocycles. The predicted molar refractivity (Wildman–Crippen MR) is 43.1 cm³/mol. The quantitative estimate of drug-likeness (QED) is 0.422. The number of imide groups is 1. The topological polar surface area (TPSA) is 46.2 Å². The number of rotatable bonds is 0. The van der Waals surface area contributed by atoms with Gasteiger partial charge in [0.05, 0.1) is 0 Å². The zero-order valence-electron chi connectivity index (χ0n) is 6.75. The fourth-order valence-electron chi connectivity index (χ4n) is 1.94. The first kappa shape index (κ1) is 7.53. The van der Waals surface area contributed by atoms with Gasteiger partial charge in [0.25, 0.3) is 0 Å². The molecule has 2 rings (SSSR count). The summed E-state index contributed by atoms with van der Waals surface area (Å²) >= 11 is 0. The summed E-state index contributed by atoms with van der Waals surface area (Å²) in [6.45, 7) is 0. The molecule has 1 aliphatic heterocycles. The van der Waals surface area contributed by atoms with Gasteiger partial charge in [0.1, 0.15) is 0 Å². The number of allylic oxidation sites excluding steroid dienone is 2. The number of fused-ring (bicyclic) bond motifs is 1. The van der Waals surface area contributed by atoms with E-state index in [0.717, 1.165) is 12.8 Å². The van der Waals surface area contributed by atoms with Crippen LogP contribution < -0.4 is 5.32 Å². The first-order valence-corrected chi connectivity index (χ1v) is 4.26. The van der Waals surface area contributed by atoms with Crippen LogP contribution in [0.4, 0.5) is 0 Å². The lowest BCUT2D eigenvalue weighted by Gasteiger charge is -2.30. The van der Waals surface area contributed by atoms with Crippen LogP contribution in [0, 0.1) is 11.8 Å². The molecule has 0 radical (unpaired) electrons. The van der Waals surface area contributed by atoms with Crippen molar-refractivity contribution in [2.75, 3.05) is 0 Å². The molecule has 0 aromatic rings. The molecule has 1 heterocycles. The SMILES string of the molecule is O=C1CC2CC=CCC2C(=O)N1. The molecule has 0 aromatic carbocycles. The van der Waals surface area contributed by atoms with E-state index in [-0.39, 0.29) is 23.7 Å². The third kappa shape index (κ3) is 1.15. The van der Waals surface area contributed by atoms with Crippen LogP contribution in [0.15, 0.2) is 12.2 Å². The zero-order valence-corrected chi connectivity index (χ0v) is 6.75. The summed E-state index contributed by atoms with van der Waals surface area (Å²) in [6, 6.07) is 0. The monoisotopic (exact) mass is 165 g/mol. The third-order valence-corrected chi connectivity index (χ3v) is 2.61. The average Bonchev–Trinajstić information content (AvgIpc) is 2.04. The van der Waals surface area contributed by atoms with Crippen LogP contribution >= 0.6 is 0 Å². The molecule has 3 nitrogen and oxygen atoms in total. The Balaban J connectivity index is 2.18. The van der Waals surface area contributed by atoms with Crippen LogP contribution in [0.5, 0.6) is 0 Å². The van der Waals surface area contributed by atoms with Crippen LogP contribution in [0.25, 0.3) is 0 Å². The first-order chi connectivity index (χ1) is 5.77. The van der Waals surface area contributed by atoms with Gasteiger partial charge in [0.2, 0.25) is 11.8 Å². The largest absolute Gasteiger partial charge is 0.296 e. The van der Waals surface area contributed by atoms with E-state index in [4.69, 9.17) is 0 Å². The van der Waals surface area contributed by atoms with Crippen LogP contribution in [0.1, 0.15) is 19.3 Å². The maximum Gasteiger partial charge on any atom is 0.230 e. The van der Waals surface area contributed by atoms with E-state index in [1.165, 1.54) is 0 Å². The highest BCUT2D eigenvalue weighted by molar-refractivity contribution is 5.99. The Morgan fingerprint density at radius 1 is 1.25 bits per heavy atom. The number of amides is 2. The lowest BCUT2D eigenvalue weighted by atomic mass is 9.78. The Morgan fingerprint density at radius 2 is 2.00 bits per heavy atom. The molecule has 2 atom stereocenters. The summed E-state index contributed by atoms with van der Waals surface area (Å²) in [6.07, 6.45) is 6.28. The van der Waals surface area contributed by atoms with E-state index in [1.54, 1.807) is 0 Å². The van der Waals surface area contributed by atoms with Gasteiger partial charge in [-0.15, -0.1) is 0 Å². The number of piperidine rings is 1. The maximum absolute atomic E-state index is 11.3. The molecule has 64 valence electrons. The second kappa shape index (κ2) is 2.73. The smallest absolute Gasteiger partial charge is 0.230 e. The molecule has 0 aromatic heterocycles. The van der Waals surface area contributed by atoms with Crippen LogP contribution in [0.3, 0.4) is 0 Å². The third-order valence-electron chi connectivity index (χ3n) is 2.61. The van der Waals surface area contributed by atoms with Crippen molar-refractivity contribution in [3.05, 3.63) is 12.2 Å². The minimum atomic E-state index is -0.114. The summed E-state index contributed by atoms with van der Waals surface area (Å²) in [5, 5.41) is 2.37. The number of carbonyl (C=O) groups excluding carboxylic acids is 2. The summed E-state index contributed by atoms with van der Waals surface area (Å²) in [7, 11) is 0. The molecule has 0 saturated carbocycles. The Labute approximate surface area is 70.8 Å². The number of carbonyl (C=O) groups is 2. The number of nitrogens with one attached hydrogen (secondary N) is 1. The standard InChI is InChI=1S/C9H11NO2/c11-8-5-6-3-1-2-4-7(6)9(12)10-8/h1-2,6-7H,3-5H2,(H,10,11,12). The highest BCUT2D eigenvalue weighted by Crippen LogP contribution is 2.30. The summed E-state index contributed by atoms with van der Waals surface area (Å²) in [5.41, 5.74) is 0. The van der Waals surface area contributed by atoms with Crippen LogP contribution in [-0.4, -0.2) is 11.8 Å². The van der Waals surface area contributed by atoms with E-state index < -0.39 is 0 Å². The van der Waals surface area contributed by atoms with Crippen molar-refractivity contribution in [2.24, 2.45) is 11.8 Å². The van der Waals surface area contributed by atoms with Gasteiger partial charge in [-0.25, -0.2) is 0 Å². The maximum atomic E-state index is 11.3. The Bertz CT molecular complexity index is 257. The second-order valence-electron chi connectivity index (χ2n) is 3.43. The fourth-order valence-corrected chi connectivity index (χ4v) is 1.94. The highest BCUT2D eigenvalue weighted by atomic mass is 16.2. The summed E-state index contributed by atoms with van der Waals surface area (Å²) in [5.74, 6) is 0.112. The molecule has 0 spiro atoms. The van der Waals surface area contributed by atoms with Crippen molar-refractivity contribution in [2.45, 2.75) is 19.3 Å². The molecule has 0 bridgehead atoms. The van der Waals surface area contributed by atoms with Gasteiger partial charge in [-0.1, -0.05) is 12.2 Å².